The third kappa shape index (κ3) is 8.86. The van der Waals surface area contributed by atoms with Crippen molar-refractivity contribution in [2.45, 2.75) is 69.8 Å². The zero-order valence-corrected chi connectivity index (χ0v) is 20.1. The first-order chi connectivity index (χ1) is 15.0. The highest BCUT2D eigenvalue weighted by molar-refractivity contribution is 7.90. The number of alkyl carbamates (subject to hydrolysis) is 1. The van der Waals surface area contributed by atoms with Crippen LogP contribution in [0.3, 0.4) is 0 Å². The van der Waals surface area contributed by atoms with Gasteiger partial charge in [-0.15, -0.1) is 4.40 Å². The fourth-order valence-corrected chi connectivity index (χ4v) is 4.29. The van der Waals surface area contributed by atoms with Gasteiger partial charge in [0.15, 0.2) is 0 Å². The van der Waals surface area contributed by atoms with Gasteiger partial charge in [0, 0.05) is 38.7 Å². The van der Waals surface area contributed by atoms with Crippen molar-refractivity contribution < 1.29 is 22.7 Å². The molecule has 1 heterocycles. The highest BCUT2D eigenvalue weighted by Crippen LogP contribution is 2.20. The summed E-state index contributed by atoms with van der Waals surface area (Å²) in [6.07, 6.45) is 3.67. The predicted octanol–water partition coefficient (Wildman–Crippen LogP) is 3.52. The fourth-order valence-electron chi connectivity index (χ4n) is 3.15. The van der Waals surface area contributed by atoms with E-state index in [9.17, 15) is 18.0 Å². The largest absolute Gasteiger partial charge is 0.444 e. The molecule has 1 aromatic carbocycles. The molecule has 0 unspecified atom stereocenters. The molecule has 0 atom stereocenters. The summed E-state index contributed by atoms with van der Waals surface area (Å²) >= 11 is 0. The first kappa shape index (κ1) is 25.6. The van der Waals surface area contributed by atoms with Gasteiger partial charge in [0.05, 0.1) is 4.90 Å². The van der Waals surface area contributed by atoms with Crippen molar-refractivity contribution >= 4 is 33.5 Å². The summed E-state index contributed by atoms with van der Waals surface area (Å²) in [5, 5.41) is 5.29. The van der Waals surface area contributed by atoms with Crippen molar-refractivity contribution in [2.75, 3.05) is 25.5 Å². The first-order valence-corrected chi connectivity index (χ1v) is 12.3. The van der Waals surface area contributed by atoms with E-state index >= 15 is 0 Å². The summed E-state index contributed by atoms with van der Waals surface area (Å²) in [7, 11) is -2.02. The fraction of sp³-hybridized carbons (Fsp3) is 0.591. The molecule has 1 fully saturated rings. The maximum Gasteiger partial charge on any atom is 0.407 e. The van der Waals surface area contributed by atoms with Crippen LogP contribution in [0.4, 0.5) is 10.5 Å². The van der Waals surface area contributed by atoms with Crippen LogP contribution in [-0.2, 0) is 19.6 Å². The van der Waals surface area contributed by atoms with E-state index in [-0.39, 0.29) is 17.2 Å². The number of likely N-dealkylation sites (tertiary alicyclic amines) is 1. The van der Waals surface area contributed by atoms with Gasteiger partial charge in [0.1, 0.15) is 11.4 Å². The number of sulfonamides is 1. The molecule has 0 spiro atoms. The number of nitrogens with zero attached hydrogens (tertiary/aromatic N) is 2. The molecule has 10 heteroatoms. The van der Waals surface area contributed by atoms with Crippen molar-refractivity contribution in [3.05, 3.63) is 24.3 Å². The van der Waals surface area contributed by atoms with Crippen LogP contribution in [0.15, 0.2) is 33.6 Å². The lowest BCUT2D eigenvalue weighted by Gasteiger charge is -2.19. The SMILES string of the molecule is CN1CCCCC/C1=N\S(=O)(=O)c1cccc(NC(=O)CCCNC(=O)OC(C)(C)C)c1. The van der Waals surface area contributed by atoms with E-state index in [1.807, 2.05) is 11.9 Å². The maximum absolute atomic E-state index is 12.8. The number of amides is 2. The van der Waals surface area contributed by atoms with Crippen LogP contribution in [0.25, 0.3) is 0 Å². The van der Waals surface area contributed by atoms with Gasteiger partial charge in [-0.1, -0.05) is 12.5 Å². The number of ether oxygens (including phenoxy) is 1. The molecule has 2 rings (SSSR count). The smallest absolute Gasteiger partial charge is 0.407 e. The van der Waals surface area contributed by atoms with Crippen molar-refractivity contribution in [3.8, 4) is 0 Å². The average molecular weight is 467 g/mol. The van der Waals surface area contributed by atoms with Gasteiger partial charge < -0.3 is 20.3 Å². The number of anilines is 1. The summed E-state index contributed by atoms with van der Waals surface area (Å²) < 4.78 is 34.8. The molecule has 1 aliphatic rings. The molecular weight excluding hydrogens is 432 g/mol. The van der Waals surface area contributed by atoms with Gasteiger partial charge in [-0.25, -0.2) is 4.79 Å². The molecule has 1 saturated heterocycles. The molecule has 2 amide bonds. The molecule has 2 N–H and O–H groups in total. The van der Waals surface area contributed by atoms with Crippen molar-refractivity contribution in [1.82, 2.24) is 10.2 Å². The Kier molecular flexibility index (Phi) is 9.06. The molecule has 32 heavy (non-hydrogen) atoms. The summed E-state index contributed by atoms with van der Waals surface area (Å²) in [6.45, 7) is 6.40. The van der Waals surface area contributed by atoms with Crippen LogP contribution < -0.4 is 10.6 Å². The number of nitrogens with one attached hydrogen (secondary N) is 2. The Bertz CT molecular complexity index is 938. The van der Waals surface area contributed by atoms with E-state index in [2.05, 4.69) is 15.0 Å². The Morgan fingerprint density at radius 2 is 1.94 bits per heavy atom. The second-order valence-corrected chi connectivity index (χ2v) is 10.4. The van der Waals surface area contributed by atoms with Crippen molar-refractivity contribution in [2.24, 2.45) is 4.40 Å². The summed E-state index contributed by atoms with van der Waals surface area (Å²) in [5.41, 5.74) is -0.200. The number of hydrogen-bond acceptors (Lipinski definition) is 5. The predicted molar refractivity (Wildman–Crippen MR) is 124 cm³/mol. The minimum Gasteiger partial charge on any atom is -0.444 e. The summed E-state index contributed by atoms with van der Waals surface area (Å²) in [4.78, 5) is 25.7. The highest BCUT2D eigenvalue weighted by atomic mass is 32.2. The Morgan fingerprint density at radius 1 is 1.19 bits per heavy atom. The molecule has 178 valence electrons. The van der Waals surface area contributed by atoms with Gasteiger partial charge in [0.25, 0.3) is 10.0 Å². The monoisotopic (exact) mass is 466 g/mol. The molecule has 0 aliphatic carbocycles. The lowest BCUT2D eigenvalue weighted by Crippen LogP contribution is -2.33. The standard InChI is InChI=1S/C22H34N4O5S/c1-22(2,3)31-21(28)23-14-9-13-20(27)24-17-10-8-11-18(16-17)32(29,30)25-19-12-6-5-7-15-26(19)4/h8,10-11,16H,5-7,9,12-15H2,1-4H3,(H,23,28)(H,24,27)/b25-19+. The number of benzene rings is 1. The molecule has 9 nitrogen and oxygen atoms in total. The Labute approximate surface area is 190 Å². The van der Waals surface area contributed by atoms with E-state index in [4.69, 9.17) is 4.74 Å². The highest BCUT2D eigenvalue weighted by Gasteiger charge is 2.19. The minimum absolute atomic E-state index is 0.0343. The number of carbonyl (C=O) groups is 2. The third-order valence-electron chi connectivity index (χ3n) is 4.72. The molecule has 0 saturated carbocycles. The summed E-state index contributed by atoms with van der Waals surface area (Å²) in [5.74, 6) is 0.287. The minimum atomic E-state index is -3.88. The normalized spacial score (nSPS) is 16.4. The number of amidine groups is 1. The van der Waals surface area contributed by atoms with E-state index in [0.29, 0.717) is 30.9 Å². The Hall–Kier alpha value is -2.62. The Morgan fingerprint density at radius 3 is 2.66 bits per heavy atom. The van der Waals surface area contributed by atoms with Gasteiger partial charge in [0.2, 0.25) is 5.91 Å². The molecule has 0 radical (unpaired) electrons. The van der Waals surface area contributed by atoms with Crippen molar-refractivity contribution in [3.63, 3.8) is 0 Å². The third-order valence-corrected chi connectivity index (χ3v) is 6.03. The van der Waals surface area contributed by atoms with Gasteiger partial charge in [-0.05, 0) is 58.2 Å². The molecular formula is C22H34N4O5S. The lowest BCUT2D eigenvalue weighted by atomic mass is 10.2. The number of hydrogen-bond donors (Lipinski definition) is 2. The van der Waals surface area contributed by atoms with E-state index in [1.165, 1.54) is 12.1 Å². The molecule has 0 aromatic heterocycles. The molecule has 0 bridgehead atoms. The first-order valence-electron chi connectivity index (χ1n) is 10.9. The second kappa shape index (κ2) is 11.3. The Balaban J connectivity index is 1.92. The van der Waals surface area contributed by atoms with Gasteiger partial charge >= 0.3 is 6.09 Å². The number of rotatable bonds is 7. The lowest BCUT2D eigenvalue weighted by molar-refractivity contribution is -0.116. The maximum atomic E-state index is 12.8. The van der Waals surface area contributed by atoms with Crippen LogP contribution in [0.5, 0.6) is 0 Å². The summed E-state index contributed by atoms with van der Waals surface area (Å²) in [6, 6.07) is 6.08. The number of carbonyl (C=O) groups excluding carboxylic acids is 2. The quantitative estimate of drug-likeness (QED) is 0.594. The molecule has 1 aliphatic heterocycles. The van der Waals surface area contributed by atoms with Crippen LogP contribution >= 0.6 is 0 Å². The van der Waals surface area contributed by atoms with Crippen LogP contribution in [-0.4, -0.2) is 56.9 Å². The van der Waals surface area contributed by atoms with Crippen LogP contribution in [0.1, 0.15) is 59.3 Å². The van der Waals surface area contributed by atoms with Crippen molar-refractivity contribution in [1.29, 1.82) is 0 Å². The van der Waals surface area contributed by atoms with Gasteiger partial charge in [-0.2, -0.15) is 8.42 Å². The zero-order chi connectivity index (χ0) is 23.8. The molecule has 1 aromatic rings. The topological polar surface area (TPSA) is 117 Å². The van der Waals surface area contributed by atoms with E-state index in [1.54, 1.807) is 32.9 Å². The average Bonchev–Trinajstić information content (AvgIpc) is 2.88. The zero-order valence-electron chi connectivity index (χ0n) is 19.3. The van der Waals surface area contributed by atoms with Crippen LogP contribution in [0.2, 0.25) is 0 Å². The second-order valence-electron chi connectivity index (χ2n) is 8.82. The van der Waals surface area contributed by atoms with Gasteiger partial charge in [-0.3, -0.25) is 4.79 Å². The van der Waals surface area contributed by atoms with E-state index < -0.39 is 21.7 Å². The van der Waals surface area contributed by atoms with E-state index in [0.717, 1.165) is 25.8 Å². The van der Waals surface area contributed by atoms with Crippen LogP contribution in [0, 0.1) is 0 Å².